The van der Waals surface area contributed by atoms with Crippen LogP contribution in [-0.4, -0.2) is 0 Å². The van der Waals surface area contributed by atoms with E-state index in [0.717, 1.165) is 16.8 Å². The minimum Gasteiger partial charge on any atom is -0.201 e. The van der Waals surface area contributed by atoms with Crippen molar-refractivity contribution in [2.75, 3.05) is 0 Å². The first kappa shape index (κ1) is 6.01. The summed E-state index contributed by atoms with van der Waals surface area (Å²) in [7, 11) is 1.79. The van der Waals surface area contributed by atoms with Crippen LogP contribution in [-0.2, 0) is 19.8 Å². The minimum atomic E-state index is -2.17. The van der Waals surface area contributed by atoms with E-state index in [4.69, 9.17) is 9.60 Å². The van der Waals surface area contributed by atoms with Crippen molar-refractivity contribution in [1.82, 2.24) is 0 Å². The Morgan fingerprint density at radius 3 is 2.83 bits per heavy atom. The molecule has 0 N–H and O–H groups in total. The van der Waals surface area contributed by atoms with Gasteiger partial charge in [0.25, 0.3) is 0 Å². The Labute approximate surface area is 119 Å². The quantitative estimate of drug-likeness (QED) is 0.679. The summed E-state index contributed by atoms with van der Waals surface area (Å²) in [5.74, 6) is 0. The molecule has 92 valence electrons. The normalized spacial score (nSPS) is 25.8. The molecule has 2 aromatic rings. The first-order chi connectivity index (χ1) is 11.3. The molecule has 1 aromatic carbocycles. The van der Waals surface area contributed by atoms with Gasteiger partial charge in [0.05, 0.1) is 0 Å². The zero-order valence-corrected chi connectivity index (χ0v) is 10.5. The van der Waals surface area contributed by atoms with Gasteiger partial charge in [0, 0.05) is 26.8 Å². The molecule has 0 saturated heterocycles. The summed E-state index contributed by atoms with van der Waals surface area (Å²) < 4.78 is 56.8. The molecule has 0 unspecified atom stereocenters. The smallest absolute Gasteiger partial charge is 0.201 e. The fourth-order valence-electron chi connectivity index (χ4n) is 2.39. The van der Waals surface area contributed by atoms with Gasteiger partial charge in [-0.15, -0.1) is 0 Å². The molecule has 3 rings (SSSR count). The summed E-state index contributed by atoms with van der Waals surface area (Å²) in [4.78, 5) is 0. The standard InChI is InChI=1S/C17H20N/c1-12-7-8-16(13(2)9-12)17-10-14-5-4-6-15(14)11-18(17)3/h7-11H,4-6H2,1-3H3/q+1/i1D3,5D2,6D2. The molecule has 1 aliphatic carbocycles. The number of hydrogen-bond donors (Lipinski definition) is 0. The van der Waals surface area contributed by atoms with E-state index < -0.39 is 19.6 Å². The Morgan fingerprint density at radius 2 is 2.06 bits per heavy atom. The van der Waals surface area contributed by atoms with Gasteiger partial charge in [0.1, 0.15) is 7.05 Å². The van der Waals surface area contributed by atoms with Gasteiger partial charge in [-0.1, -0.05) is 17.7 Å². The molecule has 1 aliphatic rings. The number of aromatic nitrogens is 1. The zero-order chi connectivity index (χ0) is 18.8. The highest BCUT2D eigenvalue weighted by atomic mass is 14.9. The van der Waals surface area contributed by atoms with Crippen LogP contribution < -0.4 is 4.57 Å². The lowest BCUT2D eigenvalue weighted by molar-refractivity contribution is -0.660. The number of rotatable bonds is 1. The van der Waals surface area contributed by atoms with Crippen molar-refractivity contribution in [3.8, 4) is 11.3 Å². The third-order valence-corrected chi connectivity index (χ3v) is 3.33. The van der Waals surface area contributed by atoms with Crippen LogP contribution in [0.25, 0.3) is 11.3 Å². The van der Waals surface area contributed by atoms with E-state index in [-0.39, 0.29) is 12.0 Å². The molecule has 0 amide bonds. The highest BCUT2D eigenvalue weighted by Crippen LogP contribution is 2.27. The maximum Gasteiger partial charge on any atom is 0.212 e. The molecule has 18 heavy (non-hydrogen) atoms. The number of benzene rings is 1. The van der Waals surface area contributed by atoms with Gasteiger partial charge in [-0.2, -0.15) is 0 Å². The maximum atomic E-state index is 8.17. The van der Waals surface area contributed by atoms with Gasteiger partial charge in [0.15, 0.2) is 6.20 Å². The Kier molecular flexibility index (Phi) is 1.41. The summed E-state index contributed by atoms with van der Waals surface area (Å²) in [5, 5.41) is 0. The summed E-state index contributed by atoms with van der Waals surface area (Å²) in [6, 6.07) is 6.62. The first-order valence-electron chi connectivity index (χ1n) is 9.49. The van der Waals surface area contributed by atoms with E-state index in [1.54, 1.807) is 42.1 Å². The second-order valence-corrected chi connectivity index (χ2v) is 4.66. The SMILES string of the molecule is [2H]C([2H])([2H])c1ccc(-c2cc3c(c[n+]2C)C([2H])([2H])CC3([2H])[2H])c(C)c1. The van der Waals surface area contributed by atoms with Crippen LogP contribution in [0.3, 0.4) is 0 Å². The lowest BCUT2D eigenvalue weighted by Gasteiger charge is -2.07. The second-order valence-electron chi connectivity index (χ2n) is 4.66. The number of pyridine rings is 1. The Balaban J connectivity index is 2.18. The summed E-state index contributed by atoms with van der Waals surface area (Å²) >= 11 is 0. The molecular weight excluding hydrogens is 218 g/mol. The number of nitrogens with zero attached hydrogens (tertiary/aromatic N) is 1. The molecule has 0 radical (unpaired) electrons. The third kappa shape index (κ3) is 1.84. The third-order valence-electron chi connectivity index (χ3n) is 3.33. The number of hydrogen-bond acceptors (Lipinski definition) is 0. The van der Waals surface area contributed by atoms with Crippen LogP contribution >= 0.6 is 0 Å². The number of fused-ring (bicyclic) bond motifs is 1. The lowest BCUT2D eigenvalue weighted by Crippen LogP contribution is -2.31. The molecule has 1 nitrogen and oxygen atoms in total. The van der Waals surface area contributed by atoms with Crippen molar-refractivity contribution in [3.63, 3.8) is 0 Å². The van der Waals surface area contributed by atoms with Crippen LogP contribution in [0.2, 0.25) is 0 Å². The molecule has 0 fully saturated rings. The van der Waals surface area contributed by atoms with E-state index in [1.165, 1.54) is 0 Å². The Bertz CT molecular complexity index is 853. The molecule has 0 spiro atoms. The van der Waals surface area contributed by atoms with E-state index >= 15 is 0 Å². The molecule has 0 aliphatic heterocycles. The van der Waals surface area contributed by atoms with Crippen LogP contribution in [0.4, 0.5) is 0 Å². The largest absolute Gasteiger partial charge is 0.212 e. The van der Waals surface area contributed by atoms with E-state index in [0.29, 0.717) is 11.1 Å². The van der Waals surface area contributed by atoms with Crippen molar-refractivity contribution >= 4 is 0 Å². The van der Waals surface area contributed by atoms with Gasteiger partial charge >= 0.3 is 0 Å². The molecule has 1 aromatic heterocycles. The predicted octanol–water partition coefficient (Wildman–Crippen LogP) is 3.28. The van der Waals surface area contributed by atoms with Crippen LogP contribution in [0.15, 0.2) is 30.5 Å². The van der Waals surface area contributed by atoms with E-state index in [1.807, 2.05) is 6.92 Å². The second kappa shape index (κ2) is 4.24. The molecule has 0 atom stereocenters. The highest BCUT2D eigenvalue weighted by Gasteiger charge is 2.20. The Morgan fingerprint density at radius 1 is 1.22 bits per heavy atom. The fourth-order valence-corrected chi connectivity index (χ4v) is 2.39. The Hall–Kier alpha value is -1.63. The van der Waals surface area contributed by atoms with Crippen molar-refractivity contribution in [1.29, 1.82) is 0 Å². The molecule has 0 bridgehead atoms. The van der Waals surface area contributed by atoms with E-state index in [2.05, 4.69) is 0 Å². The molecule has 0 saturated carbocycles. The van der Waals surface area contributed by atoms with Crippen LogP contribution in [0.5, 0.6) is 0 Å². The summed E-state index contributed by atoms with van der Waals surface area (Å²) in [5.41, 5.74) is 3.33. The van der Waals surface area contributed by atoms with Crippen molar-refractivity contribution in [3.05, 3.63) is 52.7 Å². The average Bonchev–Trinajstić information content (AvgIpc) is 2.62. The van der Waals surface area contributed by atoms with Gasteiger partial charge in [0.2, 0.25) is 5.69 Å². The summed E-state index contributed by atoms with van der Waals surface area (Å²) in [6.45, 7) is -0.345. The zero-order valence-electron chi connectivity index (χ0n) is 17.5. The van der Waals surface area contributed by atoms with Gasteiger partial charge in [-0.25, -0.2) is 4.57 Å². The highest BCUT2D eigenvalue weighted by molar-refractivity contribution is 5.62. The number of aryl methyl sites for hydroxylation is 5. The minimum absolute atomic E-state index is 0.199. The van der Waals surface area contributed by atoms with Crippen LogP contribution in [0, 0.1) is 13.8 Å². The van der Waals surface area contributed by atoms with Crippen molar-refractivity contribution < 1.29 is 14.2 Å². The fraction of sp³-hybridized carbons (Fsp3) is 0.353. The summed E-state index contributed by atoms with van der Waals surface area (Å²) in [6.07, 6.45) is -1.98. The van der Waals surface area contributed by atoms with Gasteiger partial charge in [-0.05, 0) is 50.1 Å². The van der Waals surface area contributed by atoms with Crippen molar-refractivity contribution in [2.24, 2.45) is 7.05 Å². The van der Waals surface area contributed by atoms with Gasteiger partial charge in [-0.3, -0.25) is 0 Å². The average molecular weight is 245 g/mol. The van der Waals surface area contributed by atoms with E-state index in [9.17, 15) is 0 Å². The monoisotopic (exact) mass is 245 g/mol. The topological polar surface area (TPSA) is 3.88 Å². The lowest BCUT2D eigenvalue weighted by atomic mass is 10.0. The maximum absolute atomic E-state index is 8.17. The molecule has 1 heterocycles. The molecule has 1 heteroatoms. The predicted molar refractivity (Wildman–Crippen MR) is 74.6 cm³/mol. The molecular formula is C17H20N+. The van der Waals surface area contributed by atoms with Crippen molar-refractivity contribution in [2.45, 2.75) is 32.9 Å². The van der Waals surface area contributed by atoms with Gasteiger partial charge < -0.3 is 0 Å². The van der Waals surface area contributed by atoms with Crippen LogP contribution in [0.1, 0.15) is 38.3 Å². The first-order valence-corrected chi connectivity index (χ1v) is 5.99.